The SMILES string of the molecule is O=C1CN(C(=O)c2ccc(Br)cc2)C1. The van der Waals surface area contributed by atoms with E-state index in [9.17, 15) is 9.59 Å². The molecular formula is C10H8BrNO2. The summed E-state index contributed by atoms with van der Waals surface area (Å²) in [6, 6.07) is 7.12. The average molecular weight is 254 g/mol. The van der Waals surface area contributed by atoms with Gasteiger partial charge in [-0.15, -0.1) is 0 Å². The van der Waals surface area contributed by atoms with Gasteiger partial charge in [0.2, 0.25) is 0 Å². The van der Waals surface area contributed by atoms with Crippen LogP contribution in [0.25, 0.3) is 0 Å². The number of ketones is 1. The summed E-state index contributed by atoms with van der Waals surface area (Å²) in [5.74, 6) is 0.0487. The van der Waals surface area contributed by atoms with Crippen molar-refractivity contribution in [3.05, 3.63) is 34.3 Å². The smallest absolute Gasteiger partial charge is 0.254 e. The van der Waals surface area contributed by atoms with Crippen LogP contribution in [0.15, 0.2) is 28.7 Å². The van der Waals surface area contributed by atoms with Crippen molar-refractivity contribution in [2.24, 2.45) is 0 Å². The molecule has 0 aliphatic carbocycles. The summed E-state index contributed by atoms with van der Waals surface area (Å²) in [6.07, 6.45) is 0. The Bertz CT molecular complexity index is 378. The monoisotopic (exact) mass is 253 g/mol. The van der Waals surface area contributed by atoms with Gasteiger partial charge in [-0.25, -0.2) is 0 Å². The maximum Gasteiger partial charge on any atom is 0.254 e. The van der Waals surface area contributed by atoms with Crippen LogP contribution in [0.5, 0.6) is 0 Å². The topological polar surface area (TPSA) is 37.4 Å². The van der Waals surface area contributed by atoms with E-state index >= 15 is 0 Å². The third-order valence-electron chi connectivity index (χ3n) is 2.11. The minimum atomic E-state index is -0.0721. The molecular weight excluding hydrogens is 246 g/mol. The van der Waals surface area contributed by atoms with Gasteiger partial charge >= 0.3 is 0 Å². The third-order valence-corrected chi connectivity index (χ3v) is 2.64. The number of halogens is 1. The molecule has 1 heterocycles. The minimum absolute atomic E-state index is 0.0721. The van der Waals surface area contributed by atoms with Gasteiger partial charge in [0.05, 0.1) is 13.1 Å². The number of benzene rings is 1. The summed E-state index contributed by atoms with van der Waals surface area (Å²) in [5, 5.41) is 0. The maximum absolute atomic E-state index is 11.6. The Morgan fingerprint density at radius 3 is 2.29 bits per heavy atom. The number of rotatable bonds is 1. The first kappa shape index (κ1) is 9.40. The molecule has 1 aliphatic rings. The summed E-state index contributed by atoms with van der Waals surface area (Å²) >= 11 is 3.29. The van der Waals surface area contributed by atoms with Crippen LogP contribution in [0.2, 0.25) is 0 Å². The van der Waals surface area contributed by atoms with E-state index in [1.807, 2.05) is 12.1 Å². The van der Waals surface area contributed by atoms with Gasteiger partial charge in [0, 0.05) is 10.0 Å². The summed E-state index contributed by atoms with van der Waals surface area (Å²) in [6.45, 7) is 0.518. The molecule has 0 unspecified atom stereocenters. The van der Waals surface area contributed by atoms with E-state index in [-0.39, 0.29) is 24.8 Å². The zero-order chi connectivity index (χ0) is 10.1. The van der Waals surface area contributed by atoms with Crippen molar-refractivity contribution in [3.63, 3.8) is 0 Å². The number of amides is 1. The van der Waals surface area contributed by atoms with Gasteiger partial charge in [0.25, 0.3) is 5.91 Å². The lowest BCUT2D eigenvalue weighted by atomic mass is 10.1. The van der Waals surface area contributed by atoms with E-state index in [1.165, 1.54) is 4.90 Å². The Balaban J connectivity index is 2.12. The minimum Gasteiger partial charge on any atom is -0.324 e. The van der Waals surface area contributed by atoms with Crippen molar-refractivity contribution < 1.29 is 9.59 Å². The van der Waals surface area contributed by atoms with Crippen LogP contribution in [0.1, 0.15) is 10.4 Å². The molecule has 72 valence electrons. The van der Waals surface area contributed by atoms with Crippen molar-refractivity contribution in [1.82, 2.24) is 4.90 Å². The lowest BCUT2D eigenvalue weighted by molar-refractivity contribution is -0.127. The van der Waals surface area contributed by atoms with Gasteiger partial charge in [0.1, 0.15) is 0 Å². The van der Waals surface area contributed by atoms with Crippen LogP contribution >= 0.6 is 15.9 Å². The Morgan fingerprint density at radius 1 is 1.21 bits per heavy atom. The van der Waals surface area contributed by atoms with E-state index in [4.69, 9.17) is 0 Å². The highest BCUT2D eigenvalue weighted by atomic mass is 79.9. The zero-order valence-electron chi connectivity index (χ0n) is 7.37. The van der Waals surface area contributed by atoms with E-state index in [0.717, 1.165) is 4.47 Å². The van der Waals surface area contributed by atoms with E-state index in [0.29, 0.717) is 5.56 Å². The Kier molecular flexibility index (Phi) is 2.37. The van der Waals surface area contributed by atoms with Gasteiger partial charge < -0.3 is 4.90 Å². The fourth-order valence-corrected chi connectivity index (χ4v) is 1.56. The fourth-order valence-electron chi connectivity index (χ4n) is 1.30. The number of likely N-dealkylation sites (tertiary alicyclic amines) is 1. The Hall–Kier alpha value is -1.16. The van der Waals surface area contributed by atoms with Crippen LogP contribution in [0, 0.1) is 0 Å². The number of carbonyl (C=O) groups excluding carboxylic acids is 2. The summed E-state index contributed by atoms with van der Waals surface area (Å²) in [7, 11) is 0. The van der Waals surface area contributed by atoms with Gasteiger partial charge in [-0.1, -0.05) is 15.9 Å². The van der Waals surface area contributed by atoms with Gasteiger partial charge in [-0.2, -0.15) is 0 Å². The molecule has 1 aromatic rings. The Labute approximate surface area is 89.8 Å². The lowest BCUT2D eigenvalue weighted by Crippen LogP contribution is -2.50. The quantitative estimate of drug-likeness (QED) is 0.761. The number of carbonyl (C=O) groups is 2. The molecule has 0 aromatic heterocycles. The van der Waals surface area contributed by atoms with Crippen molar-refractivity contribution in [2.75, 3.05) is 13.1 Å². The summed E-state index contributed by atoms with van der Waals surface area (Å²) in [4.78, 5) is 23.9. The molecule has 1 fully saturated rings. The number of Topliss-reactive ketones (excluding diaryl/α,β-unsaturated/α-hetero) is 1. The van der Waals surface area contributed by atoms with Crippen molar-refractivity contribution in [1.29, 1.82) is 0 Å². The largest absolute Gasteiger partial charge is 0.324 e. The highest BCUT2D eigenvalue weighted by Gasteiger charge is 2.28. The second-order valence-corrected chi connectivity index (χ2v) is 4.12. The van der Waals surface area contributed by atoms with Gasteiger partial charge in [-0.3, -0.25) is 9.59 Å². The lowest BCUT2D eigenvalue weighted by Gasteiger charge is -2.29. The molecule has 0 spiro atoms. The fraction of sp³-hybridized carbons (Fsp3) is 0.200. The molecule has 4 heteroatoms. The predicted molar refractivity (Wildman–Crippen MR) is 55.1 cm³/mol. The van der Waals surface area contributed by atoms with Crippen molar-refractivity contribution in [2.45, 2.75) is 0 Å². The average Bonchev–Trinajstić information content (AvgIpc) is 2.13. The predicted octanol–water partition coefficient (Wildman–Crippen LogP) is 1.47. The van der Waals surface area contributed by atoms with E-state index < -0.39 is 0 Å². The van der Waals surface area contributed by atoms with Gasteiger partial charge in [0.15, 0.2) is 5.78 Å². The first-order valence-corrected chi connectivity index (χ1v) is 5.02. The number of hydrogen-bond acceptors (Lipinski definition) is 2. The molecule has 14 heavy (non-hydrogen) atoms. The molecule has 0 radical (unpaired) electrons. The zero-order valence-corrected chi connectivity index (χ0v) is 8.95. The molecule has 1 aromatic carbocycles. The van der Waals surface area contributed by atoms with Crippen molar-refractivity contribution >= 4 is 27.6 Å². The standard InChI is InChI=1S/C10H8BrNO2/c11-8-3-1-7(2-4-8)10(14)12-5-9(13)6-12/h1-4H,5-6H2. The highest BCUT2D eigenvalue weighted by molar-refractivity contribution is 9.10. The van der Waals surface area contributed by atoms with E-state index in [1.54, 1.807) is 12.1 Å². The summed E-state index contributed by atoms with van der Waals surface area (Å²) in [5.41, 5.74) is 0.626. The number of nitrogens with zero attached hydrogens (tertiary/aromatic N) is 1. The second-order valence-electron chi connectivity index (χ2n) is 3.21. The normalized spacial score (nSPS) is 15.2. The first-order chi connectivity index (χ1) is 6.66. The molecule has 0 N–H and O–H groups in total. The van der Waals surface area contributed by atoms with Crippen LogP contribution in [-0.2, 0) is 4.79 Å². The van der Waals surface area contributed by atoms with Crippen LogP contribution in [0.3, 0.4) is 0 Å². The molecule has 1 aliphatic heterocycles. The molecule has 0 saturated carbocycles. The van der Waals surface area contributed by atoms with Crippen LogP contribution in [-0.4, -0.2) is 29.7 Å². The van der Waals surface area contributed by atoms with E-state index in [2.05, 4.69) is 15.9 Å². The second kappa shape index (κ2) is 3.53. The molecule has 0 bridgehead atoms. The molecule has 1 saturated heterocycles. The highest BCUT2D eigenvalue weighted by Crippen LogP contribution is 2.14. The van der Waals surface area contributed by atoms with Gasteiger partial charge in [-0.05, 0) is 24.3 Å². The third kappa shape index (κ3) is 1.70. The molecule has 1 amide bonds. The van der Waals surface area contributed by atoms with Crippen LogP contribution < -0.4 is 0 Å². The van der Waals surface area contributed by atoms with Crippen molar-refractivity contribution in [3.8, 4) is 0 Å². The molecule has 3 nitrogen and oxygen atoms in total. The molecule has 2 rings (SSSR count). The molecule has 0 atom stereocenters. The van der Waals surface area contributed by atoms with Crippen LogP contribution in [0.4, 0.5) is 0 Å². The summed E-state index contributed by atoms with van der Waals surface area (Å²) < 4.78 is 0.939. The maximum atomic E-state index is 11.6. The first-order valence-electron chi connectivity index (χ1n) is 4.23. The Morgan fingerprint density at radius 2 is 1.79 bits per heavy atom. The number of hydrogen-bond donors (Lipinski definition) is 0.